The Kier molecular flexibility index (Phi) is 3.42. The molecule has 0 aliphatic rings. The molecule has 0 radical (unpaired) electrons. The van der Waals surface area contributed by atoms with Gasteiger partial charge in [-0.15, -0.1) is 0 Å². The van der Waals surface area contributed by atoms with Crippen LogP contribution in [0.25, 0.3) is 11.1 Å². The second-order valence-electron chi connectivity index (χ2n) is 3.40. The summed E-state index contributed by atoms with van der Waals surface area (Å²) in [4.78, 5) is 10.7. The molecule has 0 spiro atoms. The maximum atomic E-state index is 10.7. The molecule has 0 unspecified atom stereocenters. The third-order valence-electron chi connectivity index (χ3n) is 2.22. The summed E-state index contributed by atoms with van der Waals surface area (Å²) in [7, 11) is 0. The number of hydrogen-bond donors (Lipinski definition) is 0. The molecule has 0 saturated heterocycles. The number of halogens is 2. The highest BCUT2D eigenvalue weighted by Gasteiger charge is 2.01. The summed E-state index contributed by atoms with van der Waals surface area (Å²) < 4.78 is 0.923. The molecule has 0 saturated carbocycles. The van der Waals surface area contributed by atoms with Crippen LogP contribution in [-0.2, 0) is 0 Å². The molecule has 0 atom stereocenters. The van der Waals surface area contributed by atoms with E-state index in [1.807, 2.05) is 36.4 Å². The van der Waals surface area contributed by atoms with Gasteiger partial charge in [0.1, 0.15) is 6.29 Å². The predicted octanol–water partition coefficient (Wildman–Crippen LogP) is 4.58. The van der Waals surface area contributed by atoms with Crippen LogP contribution in [0.4, 0.5) is 0 Å². The molecular formula is C13H8BrClO. The number of carbonyl (C=O) groups is 1. The molecular weight excluding hydrogens is 287 g/mol. The first-order valence-electron chi connectivity index (χ1n) is 4.71. The van der Waals surface area contributed by atoms with Gasteiger partial charge in [-0.25, -0.2) is 0 Å². The van der Waals surface area contributed by atoms with Crippen molar-refractivity contribution in [2.75, 3.05) is 0 Å². The molecule has 3 heteroatoms. The fourth-order valence-electron chi connectivity index (χ4n) is 1.51. The van der Waals surface area contributed by atoms with Crippen LogP contribution in [0.5, 0.6) is 0 Å². The molecule has 0 bridgehead atoms. The van der Waals surface area contributed by atoms with E-state index in [1.165, 1.54) is 0 Å². The third-order valence-corrected chi connectivity index (χ3v) is 2.89. The average Bonchev–Trinajstić information content (AvgIpc) is 2.28. The molecule has 0 heterocycles. The van der Waals surface area contributed by atoms with Gasteiger partial charge in [0.25, 0.3) is 0 Å². The molecule has 0 aliphatic heterocycles. The van der Waals surface area contributed by atoms with Crippen molar-refractivity contribution in [2.24, 2.45) is 0 Å². The zero-order chi connectivity index (χ0) is 11.5. The lowest BCUT2D eigenvalue weighted by Gasteiger charge is -2.04. The number of carbonyl (C=O) groups excluding carboxylic acids is 1. The normalized spacial score (nSPS) is 10.1. The Labute approximate surface area is 107 Å². The topological polar surface area (TPSA) is 17.1 Å². The molecule has 1 nitrogen and oxygen atoms in total. The van der Waals surface area contributed by atoms with Crippen molar-refractivity contribution >= 4 is 33.8 Å². The number of hydrogen-bond acceptors (Lipinski definition) is 1. The standard InChI is InChI=1S/C13H8BrClO/c14-12-5-11(6-13(15)7-12)10-3-1-2-9(4-10)8-16/h1-8H. The molecule has 0 amide bonds. The average molecular weight is 296 g/mol. The van der Waals surface area contributed by atoms with Crippen molar-refractivity contribution in [1.29, 1.82) is 0 Å². The molecule has 0 fully saturated rings. The van der Waals surface area contributed by atoms with E-state index in [1.54, 1.807) is 6.07 Å². The Bertz CT molecular complexity index is 517. The number of rotatable bonds is 2. The first kappa shape index (κ1) is 11.4. The summed E-state index contributed by atoms with van der Waals surface area (Å²) in [5, 5.41) is 0.667. The Balaban J connectivity index is 2.53. The van der Waals surface area contributed by atoms with Crippen molar-refractivity contribution in [1.82, 2.24) is 0 Å². The van der Waals surface area contributed by atoms with Crippen LogP contribution in [0.3, 0.4) is 0 Å². The minimum atomic E-state index is 0.661. The van der Waals surface area contributed by atoms with E-state index in [4.69, 9.17) is 11.6 Å². The lowest BCUT2D eigenvalue weighted by Crippen LogP contribution is -1.83. The second kappa shape index (κ2) is 4.81. The number of aldehydes is 1. The SMILES string of the molecule is O=Cc1cccc(-c2cc(Cl)cc(Br)c2)c1. The van der Waals surface area contributed by atoms with Crippen LogP contribution in [0.1, 0.15) is 10.4 Å². The largest absolute Gasteiger partial charge is 0.298 e. The smallest absolute Gasteiger partial charge is 0.150 e. The van der Waals surface area contributed by atoms with Crippen molar-refractivity contribution in [3.8, 4) is 11.1 Å². The molecule has 0 aliphatic carbocycles. The van der Waals surface area contributed by atoms with Crippen molar-refractivity contribution < 1.29 is 4.79 Å². The van der Waals surface area contributed by atoms with Gasteiger partial charge in [-0.1, -0.05) is 45.7 Å². The highest BCUT2D eigenvalue weighted by Crippen LogP contribution is 2.27. The minimum Gasteiger partial charge on any atom is -0.298 e. The third kappa shape index (κ3) is 2.52. The fourth-order valence-corrected chi connectivity index (χ4v) is 2.37. The van der Waals surface area contributed by atoms with Gasteiger partial charge in [0.15, 0.2) is 0 Å². The minimum absolute atomic E-state index is 0.661. The summed E-state index contributed by atoms with van der Waals surface area (Å²) in [5.41, 5.74) is 2.63. The first-order chi connectivity index (χ1) is 7.69. The molecule has 2 aromatic carbocycles. The van der Waals surface area contributed by atoms with E-state index in [2.05, 4.69) is 15.9 Å². The van der Waals surface area contributed by atoms with Crippen molar-refractivity contribution in [3.63, 3.8) is 0 Å². The number of benzene rings is 2. The summed E-state index contributed by atoms with van der Waals surface area (Å²) in [6, 6.07) is 13.1. The van der Waals surface area contributed by atoms with Crippen LogP contribution < -0.4 is 0 Å². The Hall–Kier alpha value is -1.12. The lowest BCUT2D eigenvalue weighted by atomic mass is 10.0. The van der Waals surface area contributed by atoms with Gasteiger partial charge in [0.2, 0.25) is 0 Å². The van der Waals surface area contributed by atoms with E-state index in [9.17, 15) is 4.79 Å². The van der Waals surface area contributed by atoms with E-state index in [0.717, 1.165) is 21.9 Å². The summed E-state index contributed by atoms with van der Waals surface area (Å²) in [6.45, 7) is 0. The first-order valence-corrected chi connectivity index (χ1v) is 5.88. The molecule has 0 N–H and O–H groups in total. The highest BCUT2D eigenvalue weighted by molar-refractivity contribution is 9.10. The van der Waals surface area contributed by atoms with Crippen LogP contribution in [0.2, 0.25) is 5.02 Å². The van der Waals surface area contributed by atoms with Crippen LogP contribution >= 0.6 is 27.5 Å². The van der Waals surface area contributed by atoms with Gasteiger partial charge < -0.3 is 0 Å². The molecule has 2 rings (SSSR count). The summed E-state index contributed by atoms with van der Waals surface area (Å²) in [5.74, 6) is 0. The van der Waals surface area contributed by atoms with Gasteiger partial charge in [0, 0.05) is 15.1 Å². The van der Waals surface area contributed by atoms with Crippen molar-refractivity contribution in [3.05, 3.63) is 57.5 Å². The van der Waals surface area contributed by atoms with E-state index in [0.29, 0.717) is 10.6 Å². The Morgan fingerprint density at radius 3 is 2.56 bits per heavy atom. The predicted molar refractivity (Wildman–Crippen MR) is 70.0 cm³/mol. The van der Waals surface area contributed by atoms with Crippen LogP contribution in [-0.4, -0.2) is 6.29 Å². The lowest BCUT2D eigenvalue weighted by molar-refractivity contribution is 0.112. The van der Waals surface area contributed by atoms with Gasteiger partial charge in [-0.3, -0.25) is 4.79 Å². The van der Waals surface area contributed by atoms with Crippen LogP contribution in [0.15, 0.2) is 46.9 Å². The van der Waals surface area contributed by atoms with Crippen molar-refractivity contribution in [2.45, 2.75) is 0 Å². The summed E-state index contributed by atoms with van der Waals surface area (Å²) >= 11 is 9.37. The zero-order valence-corrected chi connectivity index (χ0v) is 10.6. The van der Waals surface area contributed by atoms with Gasteiger partial charge in [0.05, 0.1) is 0 Å². The Morgan fingerprint density at radius 1 is 1.06 bits per heavy atom. The molecule has 16 heavy (non-hydrogen) atoms. The van der Waals surface area contributed by atoms with Crippen LogP contribution in [0, 0.1) is 0 Å². The summed E-state index contributed by atoms with van der Waals surface area (Å²) in [6.07, 6.45) is 0.836. The maximum absolute atomic E-state index is 10.7. The van der Waals surface area contributed by atoms with E-state index in [-0.39, 0.29) is 0 Å². The monoisotopic (exact) mass is 294 g/mol. The van der Waals surface area contributed by atoms with Gasteiger partial charge >= 0.3 is 0 Å². The second-order valence-corrected chi connectivity index (χ2v) is 4.75. The molecule has 2 aromatic rings. The maximum Gasteiger partial charge on any atom is 0.150 e. The zero-order valence-electron chi connectivity index (χ0n) is 8.28. The molecule has 80 valence electrons. The quantitative estimate of drug-likeness (QED) is 0.741. The molecule has 0 aromatic heterocycles. The van der Waals surface area contributed by atoms with E-state index < -0.39 is 0 Å². The van der Waals surface area contributed by atoms with E-state index >= 15 is 0 Å². The van der Waals surface area contributed by atoms with Gasteiger partial charge in [-0.2, -0.15) is 0 Å². The fraction of sp³-hybridized carbons (Fsp3) is 0. The highest BCUT2D eigenvalue weighted by atomic mass is 79.9. The Morgan fingerprint density at radius 2 is 1.88 bits per heavy atom. The van der Waals surface area contributed by atoms with Gasteiger partial charge in [-0.05, 0) is 35.4 Å².